The minimum absolute atomic E-state index is 0.118. The third-order valence-electron chi connectivity index (χ3n) is 1.78. The fourth-order valence-corrected chi connectivity index (χ4v) is 1.04. The van der Waals surface area contributed by atoms with Crippen LogP contribution in [0.15, 0.2) is 35.5 Å². The summed E-state index contributed by atoms with van der Waals surface area (Å²) in [5.41, 5.74) is -0.0697. The number of hydrogen-bond donors (Lipinski definition) is 1. The van der Waals surface area contributed by atoms with E-state index < -0.39 is 5.60 Å². The van der Waals surface area contributed by atoms with Crippen molar-refractivity contribution in [2.45, 2.75) is 19.4 Å². The van der Waals surface area contributed by atoms with Gasteiger partial charge in [-0.2, -0.15) is 0 Å². The number of oxime groups is 1. The first-order valence-corrected chi connectivity index (χ1v) is 5.05. The van der Waals surface area contributed by atoms with Crippen molar-refractivity contribution in [3.8, 4) is 0 Å². The molecule has 0 aromatic heterocycles. The van der Waals surface area contributed by atoms with Gasteiger partial charge in [0, 0.05) is 5.56 Å². The minimum Gasteiger partial charge on any atom is -0.479 e. The summed E-state index contributed by atoms with van der Waals surface area (Å²) in [4.78, 5) is 5.02. The van der Waals surface area contributed by atoms with Crippen molar-refractivity contribution in [1.29, 1.82) is 0 Å². The van der Waals surface area contributed by atoms with E-state index in [-0.39, 0.29) is 6.61 Å². The van der Waals surface area contributed by atoms with Crippen LogP contribution in [0.2, 0.25) is 0 Å². The Kier molecular flexibility index (Phi) is 4.31. The SMILES string of the molecule is CO/C(=N\OCC(C)(C)O)c1ccccc1. The average molecular weight is 223 g/mol. The van der Waals surface area contributed by atoms with Gasteiger partial charge in [-0.25, -0.2) is 0 Å². The van der Waals surface area contributed by atoms with Crippen molar-refractivity contribution in [3.05, 3.63) is 35.9 Å². The highest BCUT2D eigenvalue weighted by molar-refractivity contribution is 5.93. The van der Waals surface area contributed by atoms with E-state index in [1.54, 1.807) is 13.8 Å². The highest BCUT2D eigenvalue weighted by Crippen LogP contribution is 2.05. The fraction of sp³-hybridized carbons (Fsp3) is 0.417. The van der Waals surface area contributed by atoms with Crippen LogP contribution in [0.4, 0.5) is 0 Å². The van der Waals surface area contributed by atoms with Crippen LogP contribution in [-0.2, 0) is 9.57 Å². The number of rotatable bonds is 4. The molecule has 0 heterocycles. The van der Waals surface area contributed by atoms with Crippen LogP contribution in [-0.4, -0.2) is 30.3 Å². The molecule has 0 aliphatic rings. The Morgan fingerprint density at radius 1 is 1.31 bits per heavy atom. The smallest absolute Gasteiger partial charge is 0.257 e. The Balaban J connectivity index is 2.65. The summed E-state index contributed by atoms with van der Waals surface area (Å²) in [7, 11) is 1.53. The number of benzene rings is 1. The van der Waals surface area contributed by atoms with Crippen LogP contribution in [0.5, 0.6) is 0 Å². The Labute approximate surface area is 95.5 Å². The van der Waals surface area contributed by atoms with Crippen molar-refractivity contribution in [3.63, 3.8) is 0 Å². The Bertz CT molecular complexity index is 341. The summed E-state index contributed by atoms with van der Waals surface area (Å²) in [6.45, 7) is 3.42. The Hall–Kier alpha value is -1.55. The van der Waals surface area contributed by atoms with Crippen molar-refractivity contribution in [2.75, 3.05) is 13.7 Å². The van der Waals surface area contributed by atoms with Gasteiger partial charge in [-0.1, -0.05) is 18.2 Å². The van der Waals surface area contributed by atoms with Crippen LogP contribution < -0.4 is 0 Å². The molecule has 4 nitrogen and oxygen atoms in total. The molecule has 0 radical (unpaired) electrons. The molecule has 4 heteroatoms. The zero-order valence-electron chi connectivity index (χ0n) is 9.80. The van der Waals surface area contributed by atoms with Crippen molar-refractivity contribution in [2.24, 2.45) is 5.16 Å². The van der Waals surface area contributed by atoms with Gasteiger partial charge in [0.1, 0.15) is 6.61 Å². The molecule has 1 aromatic carbocycles. The predicted octanol–water partition coefficient (Wildman–Crippen LogP) is 1.78. The number of nitrogens with zero attached hydrogens (tertiary/aromatic N) is 1. The zero-order valence-corrected chi connectivity index (χ0v) is 9.80. The van der Waals surface area contributed by atoms with E-state index >= 15 is 0 Å². The molecule has 0 saturated carbocycles. The lowest BCUT2D eigenvalue weighted by Crippen LogP contribution is -2.25. The predicted molar refractivity (Wildman–Crippen MR) is 62.2 cm³/mol. The van der Waals surface area contributed by atoms with E-state index in [1.807, 2.05) is 30.3 Å². The van der Waals surface area contributed by atoms with Gasteiger partial charge in [0.25, 0.3) is 5.90 Å². The number of methoxy groups -OCH3 is 1. The molecule has 0 bridgehead atoms. The molecule has 1 N–H and O–H groups in total. The lowest BCUT2D eigenvalue weighted by Gasteiger charge is -2.14. The lowest BCUT2D eigenvalue weighted by atomic mass is 10.2. The summed E-state index contributed by atoms with van der Waals surface area (Å²) in [6.07, 6.45) is 0. The molecule has 0 fully saturated rings. The first-order chi connectivity index (χ1) is 7.53. The topological polar surface area (TPSA) is 51.0 Å². The molecule has 0 aliphatic heterocycles. The molecule has 88 valence electrons. The largest absolute Gasteiger partial charge is 0.479 e. The fourth-order valence-electron chi connectivity index (χ4n) is 1.04. The molecule has 0 unspecified atom stereocenters. The molecule has 0 spiro atoms. The molecule has 1 aromatic rings. The third-order valence-corrected chi connectivity index (χ3v) is 1.78. The maximum atomic E-state index is 9.44. The van der Waals surface area contributed by atoms with Crippen LogP contribution in [0.3, 0.4) is 0 Å². The normalized spacial score (nSPS) is 12.4. The molecule has 16 heavy (non-hydrogen) atoms. The summed E-state index contributed by atoms with van der Waals surface area (Å²) < 4.78 is 5.09. The maximum Gasteiger partial charge on any atom is 0.257 e. The lowest BCUT2D eigenvalue weighted by molar-refractivity contribution is -0.0206. The second-order valence-corrected chi connectivity index (χ2v) is 4.05. The van der Waals surface area contributed by atoms with Crippen molar-refractivity contribution < 1.29 is 14.7 Å². The third kappa shape index (κ3) is 4.31. The van der Waals surface area contributed by atoms with E-state index in [0.29, 0.717) is 5.90 Å². The van der Waals surface area contributed by atoms with Gasteiger partial charge < -0.3 is 14.7 Å². The minimum atomic E-state index is -0.904. The molecule has 0 amide bonds. The highest BCUT2D eigenvalue weighted by Gasteiger charge is 2.13. The van der Waals surface area contributed by atoms with Crippen LogP contribution in [0, 0.1) is 0 Å². The average Bonchev–Trinajstić information content (AvgIpc) is 2.24. The quantitative estimate of drug-likeness (QED) is 0.481. The molecule has 0 aliphatic carbocycles. The zero-order chi connectivity index (χ0) is 12.0. The van der Waals surface area contributed by atoms with Crippen LogP contribution in [0.1, 0.15) is 19.4 Å². The first kappa shape index (κ1) is 12.5. The second kappa shape index (κ2) is 5.51. The Morgan fingerprint density at radius 3 is 2.44 bits per heavy atom. The number of aliphatic hydroxyl groups is 1. The number of ether oxygens (including phenoxy) is 1. The van der Waals surface area contributed by atoms with E-state index in [0.717, 1.165) is 5.56 Å². The van der Waals surface area contributed by atoms with Gasteiger partial charge in [-0.15, -0.1) is 0 Å². The molecule has 0 saturated heterocycles. The molecule has 0 atom stereocenters. The molecular weight excluding hydrogens is 206 g/mol. The van der Waals surface area contributed by atoms with Gasteiger partial charge >= 0.3 is 0 Å². The molecular formula is C12H17NO3. The van der Waals surface area contributed by atoms with Crippen LogP contribution in [0.25, 0.3) is 0 Å². The highest BCUT2D eigenvalue weighted by atomic mass is 16.7. The summed E-state index contributed by atoms with van der Waals surface area (Å²) >= 11 is 0. The van der Waals surface area contributed by atoms with Gasteiger partial charge in [-0.3, -0.25) is 0 Å². The first-order valence-electron chi connectivity index (χ1n) is 5.05. The van der Waals surface area contributed by atoms with Gasteiger partial charge in [0.15, 0.2) is 0 Å². The second-order valence-electron chi connectivity index (χ2n) is 4.05. The van der Waals surface area contributed by atoms with Crippen molar-refractivity contribution in [1.82, 2.24) is 0 Å². The summed E-state index contributed by atoms with van der Waals surface area (Å²) in [6, 6.07) is 9.43. The van der Waals surface area contributed by atoms with E-state index in [1.165, 1.54) is 7.11 Å². The standard InChI is InChI=1S/C12H17NO3/c1-12(2,14)9-16-13-11(15-3)10-7-5-4-6-8-10/h4-8,14H,9H2,1-3H3/b13-11-. The van der Waals surface area contributed by atoms with Crippen LogP contribution >= 0.6 is 0 Å². The number of hydrogen-bond acceptors (Lipinski definition) is 4. The maximum absolute atomic E-state index is 9.44. The van der Waals surface area contributed by atoms with Gasteiger partial charge in [0.05, 0.1) is 12.7 Å². The van der Waals surface area contributed by atoms with Gasteiger partial charge in [0.2, 0.25) is 0 Å². The Morgan fingerprint density at radius 2 is 1.94 bits per heavy atom. The van der Waals surface area contributed by atoms with E-state index in [2.05, 4.69) is 5.16 Å². The van der Waals surface area contributed by atoms with E-state index in [9.17, 15) is 5.11 Å². The van der Waals surface area contributed by atoms with Gasteiger partial charge in [-0.05, 0) is 31.1 Å². The summed E-state index contributed by atoms with van der Waals surface area (Å²) in [5, 5.41) is 13.3. The van der Waals surface area contributed by atoms with E-state index in [4.69, 9.17) is 9.57 Å². The molecule has 1 rings (SSSR count). The summed E-state index contributed by atoms with van der Waals surface area (Å²) in [5.74, 6) is 0.393. The monoisotopic (exact) mass is 223 g/mol. The van der Waals surface area contributed by atoms with Crippen molar-refractivity contribution >= 4 is 5.90 Å².